The molecular formula is C10H24O4P2. The maximum atomic E-state index is 11.1. The number of hydrogen-bond acceptors (Lipinski definition) is 2. The van der Waals surface area contributed by atoms with Gasteiger partial charge in [-0.05, 0) is 25.7 Å². The van der Waals surface area contributed by atoms with Crippen LogP contribution in [0.25, 0.3) is 0 Å². The molecule has 0 saturated heterocycles. The van der Waals surface area contributed by atoms with Gasteiger partial charge in [0, 0.05) is 11.3 Å². The van der Waals surface area contributed by atoms with E-state index in [1.54, 1.807) is 0 Å². The van der Waals surface area contributed by atoms with Gasteiger partial charge in [-0.3, -0.25) is 9.13 Å². The van der Waals surface area contributed by atoms with Crippen LogP contribution in [0.1, 0.15) is 52.4 Å². The van der Waals surface area contributed by atoms with E-state index in [4.69, 9.17) is 9.79 Å². The summed E-state index contributed by atoms with van der Waals surface area (Å²) in [7, 11) is -4.99. The van der Waals surface area contributed by atoms with Crippen molar-refractivity contribution >= 4 is 16.1 Å². The molecule has 4 unspecified atom stereocenters. The molecule has 0 spiro atoms. The van der Waals surface area contributed by atoms with Crippen LogP contribution in [0.15, 0.2) is 0 Å². The molecule has 0 saturated carbocycles. The van der Waals surface area contributed by atoms with Crippen molar-refractivity contribution in [3.05, 3.63) is 0 Å². The van der Waals surface area contributed by atoms with Crippen LogP contribution < -0.4 is 0 Å². The summed E-state index contributed by atoms with van der Waals surface area (Å²) in [6, 6.07) is 0. The Labute approximate surface area is 99.2 Å². The minimum Gasteiger partial charge on any atom is -0.346 e. The van der Waals surface area contributed by atoms with Crippen molar-refractivity contribution in [3.63, 3.8) is 0 Å². The molecule has 2 N–H and O–H groups in total. The van der Waals surface area contributed by atoms with Crippen LogP contribution in [0, 0.1) is 0 Å². The molecule has 16 heavy (non-hydrogen) atoms. The van der Waals surface area contributed by atoms with Gasteiger partial charge in [-0.15, -0.1) is 0 Å². The maximum absolute atomic E-state index is 11.1. The summed E-state index contributed by atoms with van der Waals surface area (Å²) >= 11 is 0. The molecular weight excluding hydrogens is 246 g/mol. The average molecular weight is 270 g/mol. The molecule has 0 amide bonds. The van der Waals surface area contributed by atoms with Crippen molar-refractivity contribution in [1.29, 1.82) is 0 Å². The van der Waals surface area contributed by atoms with Gasteiger partial charge in [0.05, 0.1) is 0 Å². The third-order valence-electron chi connectivity index (χ3n) is 2.84. The zero-order valence-corrected chi connectivity index (χ0v) is 12.1. The lowest BCUT2D eigenvalue weighted by Gasteiger charge is -2.16. The molecule has 0 fully saturated rings. The molecule has 98 valence electrons. The first-order valence-electron chi connectivity index (χ1n) is 5.98. The van der Waals surface area contributed by atoms with E-state index in [0.29, 0.717) is 12.8 Å². The molecule has 0 aliphatic heterocycles. The molecule has 4 nitrogen and oxygen atoms in total. The second-order valence-electron chi connectivity index (χ2n) is 4.23. The normalized spacial score (nSPS) is 19.0. The van der Waals surface area contributed by atoms with Crippen LogP contribution in [0.2, 0.25) is 0 Å². The van der Waals surface area contributed by atoms with Gasteiger partial charge in [0.15, 0.2) is 16.1 Å². The number of rotatable bonds is 9. The predicted molar refractivity (Wildman–Crippen MR) is 69.1 cm³/mol. The van der Waals surface area contributed by atoms with E-state index >= 15 is 0 Å². The Hall–Kier alpha value is 0.380. The minimum atomic E-state index is -2.49. The Bertz CT molecular complexity index is 209. The Morgan fingerprint density at radius 1 is 0.812 bits per heavy atom. The van der Waals surface area contributed by atoms with Crippen LogP contribution in [-0.2, 0) is 9.13 Å². The summed E-state index contributed by atoms with van der Waals surface area (Å²) < 4.78 is 22.2. The highest BCUT2D eigenvalue weighted by molar-refractivity contribution is 7.39. The molecule has 0 aromatic carbocycles. The summed E-state index contributed by atoms with van der Waals surface area (Å²) in [5, 5.41) is 0. The molecule has 0 aromatic rings. The Morgan fingerprint density at radius 3 is 1.31 bits per heavy atom. The Morgan fingerprint density at radius 2 is 1.12 bits per heavy atom. The lowest BCUT2D eigenvalue weighted by atomic mass is 10.1. The van der Waals surface area contributed by atoms with E-state index < -0.39 is 16.1 Å². The van der Waals surface area contributed by atoms with Crippen LogP contribution in [0.3, 0.4) is 0 Å². The molecule has 6 heteroatoms. The van der Waals surface area contributed by atoms with Gasteiger partial charge in [-0.25, -0.2) is 0 Å². The fourth-order valence-corrected chi connectivity index (χ4v) is 3.78. The topological polar surface area (TPSA) is 74.6 Å². The summed E-state index contributed by atoms with van der Waals surface area (Å²) in [5.41, 5.74) is -0.341. The molecule has 0 aliphatic rings. The third kappa shape index (κ3) is 6.85. The van der Waals surface area contributed by atoms with Gasteiger partial charge in [-0.2, -0.15) is 0 Å². The van der Waals surface area contributed by atoms with Gasteiger partial charge < -0.3 is 9.79 Å². The molecule has 0 bridgehead atoms. The monoisotopic (exact) mass is 270 g/mol. The smallest absolute Gasteiger partial charge is 0.192 e. The van der Waals surface area contributed by atoms with E-state index in [1.165, 1.54) is 0 Å². The van der Waals surface area contributed by atoms with Crippen molar-refractivity contribution in [2.75, 3.05) is 0 Å². The molecule has 0 heterocycles. The van der Waals surface area contributed by atoms with Crippen molar-refractivity contribution in [3.8, 4) is 0 Å². The first-order valence-corrected chi connectivity index (χ1v) is 8.85. The van der Waals surface area contributed by atoms with Crippen LogP contribution in [0.4, 0.5) is 0 Å². The highest BCUT2D eigenvalue weighted by atomic mass is 31.1. The van der Waals surface area contributed by atoms with Crippen molar-refractivity contribution in [1.82, 2.24) is 0 Å². The molecule has 0 aliphatic carbocycles. The summed E-state index contributed by atoms with van der Waals surface area (Å²) in [6.45, 7) is 3.96. The molecule has 0 rings (SSSR count). The lowest BCUT2D eigenvalue weighted by molar-refractivity contribution is 0.453. The first-order chi connectivity index (χ1) is 7.52. The van der Waals surface area contributed by atoms with E-state index in [9.17, 15) is 9.13 Å². The van der Waals surface area contributed by atoms with E-state index in [1.807, 2.05) is 13.8 Å². The highest BCUT2D eigenvalue weighted by Crippen LogP contribution is 2.36. The van der Waals surface area contributed by atoms with Crippen molar-refractivity contribution < 1.29 is 18.9 Å². The van der Waals surface area contributed by atoms with Crippen molar-refractivity contribution in [2.45, 2.75) is 63.7 Å². The van der Waals surface area contributed by atoms with Crippen LogP contribution in [-0.4, -0.2) is 21.1 Å². The Balaban J connectivity index is 4.14. The average Bonchev–Trinajstić information content (AvgIpc) is 2.21. The fraction of sp³-hybridized carbons (Fsp3) is 1.00. The SMILES string of the molecule is CCCC(CCC(CCC)[PH](=O)O)[PH](=O)O. The summed E-state index contributed by atoms with van der Waals surface area (Å²) in [6.07, 6.45) is 4.44. The second kappa shape index (κ2) is 9.41. The zero-order valence-electron chi connectivity index (χ0n) is 10.1. The first kappa shape index (κ1) is 16.4. The predicted octanol–water partition coefficient (Wildman–Crippen LogP) is 3.04. The maximum Gasteiger partial charge on any atom is 0.192 e. The van der Waals surface area contributed by atoms with E-state index in [2.05, 4.69) is 0 Å². The number of hydrogen-bond donors (Lipinski definition) is 2. The van der Waals surface area contributed by atoms with Gasteiger partial charge in [-0.1, -0.05) is 26.7 Å². The zero-order chi connectivity index (χ0) is 12.6. The largest absolute Gasteiger partial charge is 0.346 e. The van der Waals surface area contributed by atoms with Gasteiger partial charge in [0.25, 0.3) is 0 Å². The standard InChI is InChI=1S/C10H24O4P2/c1-3-5-9(15(11)12)7-8-10(6-4-2)16(13)14/h9-10,15-16H,3-8H2,1-2H3,(H,11,12)(H,13,14). The second-order valence-corrected chi connectivity index (χ2v) is 7.21. The molecule has 0 radical (unpaired) electrons. The minimum absolute atomic E-state index is 0.171. The van der Waals surface area contributed by atoms with Crippen LogP contribution >= 0.6 is 16.1 Å². The fourth-order valence-electron chi connectivity index (χ4n) is 1.88. The third-order valence-corrected chi connectivity index (χ3v) is 5.39. The van der Waals surface area contributed by atoms with Gasteiger partial charge in [0.1, 0.15) is 0 Å². The van der Waals surface area contributed by atoms with Gasteiger partial charge >= 0.3 is 0 Å². The summed E-state index contributed by atoms with van der Waals surface area (Å²) in [5.74, 6) is 0. The molecule has 0 aromatic heterocycles. The highest BCUT2D eigenvalue weighted by Gasteiger charge is 2.19. The van der Waals surface area contributed by atoms with Gasteiger partial charge in [0.2, 0.25) is 0 Å². The van der Waals surface area contributed by atoms with Crippen LogP contribution in [0.5, 0.6) is 0 Å². The molecule has 4 atom stereocenters. The van der Waals surface area contributed by atoms with Crippen molar-refractivity contribution in [2.24, 2.45) is 0 Å². The Kier molecular flexibility index (Phi) is 9.64. The lowest BCUT2D eigenvalue weighted by Crippen LogP contribution is -2.08. The van der Waals surface area contributed by atoms with E-state index in [0.717, 1.165) is 25.7 Å². The van der Waals surface area contributed by atoms with E-state index in [-0.39, 0.29) is 11.3 Å². The summed E-state index contributed by atoms with van der Waals surface area (Å²) in [4.78, 5) is 18.3. The quantitative estimate of drug-likeness (QED) is 0.631.